The normalized spacial score (nSPS) is 19.2. The molecule has 2 aromatic carbocycles. The molecule has 10 heteroatoms. The Morgan fingerprint density at radius 1 is 1.05 bits per heavy atom. The maximum absolute atomic E-state index is 14.6. The number of urea groups is 1. The van der Waals surface area contributed by atoms with Crippen molar-refractivity contribution in [1.29, 1.82) is 0 Å². The molecule has 0 atom stereocenters. The van der Waals surface area contributed by atoms with Gasteiger partial charge in [-0.25, -0.2) is 9.18 Å². The van der Waals surface area contributed by atoms with Gasteiger partial charge in [0.2, 0.25) is 0 Å². The lowest BCUT2D eigenvalue weighted by atomic mass is 10.00. The van der Waals surface area contributed by atoms with Gasteiger partial charge in [-0.3, -0.25) is 9.58 Å². The number of piperidine rings is 1. The number of halogens is 4. The molecule has 1 aliphatic carbocycles. The predicted molar refractivity (Wildman–Crippen MR) is 145 cm³/mol. The van der Waals surface area contributed by atoms with E-state index >= 15 is 0 Å². The number of hydrogen-bond acceptors (Lipinski definition) is 3. The Bertz CT molecular complexity index is 1400. The number of rotatable bonds is 6. The number of hydrogen-bond donors (Lipinski definition) is 0. The number of anilines is 2. The first-order valence-electron chi connectivity index (χ1n) is 13.8. The smallest absolute Gasteiger partial charge is 0.369 e. The highest BCUT2D eigenvalue weighted by Crippen LogP contribution is 2.47. The quantitative estimate of drug-likeness (QED) is 0.316. The molecule has 2 aliphatic heterocycles. The van der Waals surface area contributed by atoms with Gasteiger partial charge in [0, 0.05) is 25.7 Å². The fraction of sp³-hybridized carbons (Fsp3) is 0.467. The lowest BCUT2D eigenvalue weighted by molar-refractivity contribution is -0.138. The molecule has 3 heterocycles. The Hall–Kier alpha value is -3.56. The third-order valence-electron chi connectivity index (χ3n) is 8.71. The largest absolute Gasteiger partial charge is 0.416 e. The number of fused-ring (bicyclic) bond motifs is 1. The summed E-state index contributed by atoms with van der Waals surface area (Å²) in [6.07, 6.45) is 0.555. The van der Waals surface area contributed by atoms with Crippen molar-refractivity contribution in [2.24, 2.45) is 5.41 Å². The SMILES string of the molecule is Cc1cccc(F)c1N1CCC(N2Cc3c(cnn3CC3(C)CC3)N(Cc3ccccc3C(F)(F)F)C2=O)CC1. The minimum Gasteiger partial charge on any atom is -0.369 e. The van der Waals surface area contributed by atoms with Gasteiger partial charge in [0.15, 0.2) is 0 Å². The fourth-order valence-electron chi connectivity index (χ4n) is 6.11. The number of aryl methyl sites for hydroxylation is 1. The van der Waals surface area contributed by atoms with Crippen LogP contribution in [0.1, 0.15) is 55.0 Å². The molecule has 212 valence electrons. The van der Waals surface area contributed by atoms with Crippen LogP contribution in [0.25, 0.3) is 0 Å². The fourth-order valence-corrected chi connectivity index (χ4v) is 6.11. The van der Waals surface area contributed by atoms with Crippen LogP contribution in [0.15, 0.2) is 48.7 Å². The third-order valence-corrected chi connectivity index (χ3v) is 8.71. The standard InChI is InChI=1S/C30H33F4N5O/c1-20-6-5-9-24(31)27(20)36-14-10-22(11-15-36)37-18-26-25(16-35-39(26)19-29(2)12-13-29)38(28(37)40)17-21-7-3-4-8-23(21)30(32,33)34/h3-9,16,22H,10-15,17-19H2,1-2H3. The van der Waals surface area contributed by atoms with Gasteiger partial charge in [-0.2, -0.15) is 18.3 Å². The van der Waals surface area contributed by atoms with Crippen LogP contribution in [0.2, 0.25) is 0 Å². The van der Waals surface area contributed by atoms with Crippen LogP contribution in [0.3, 0.4) is 0 Å². The molecule has 6 nitrogen and oxygen atoms in total. The van der Waals surface area contributed by atoms with Gasteiger partial charge in [0.05, 0.1) is 41.9 Å². The molecule has 40 heavy (non-hydrogen) atoms. The molecule has 1 saturated carbocycles. The molecule has 0 radical (unpaired) electrons. The van der Waals surface area contributed by atoms with E-state index in [1.807, 2.05) is 22.6 Å². The molecule has 2 amide bonds. The summed E-state index contributed by atoms with van der Waals surface area (Å²) in [7, 11) is 0. The van der Waals surface area contributed by atoms with Crippen molar-refractivity contribution in [3.8, 4) is 0 Å². The molecule has 1 aromatic heterocycles. The zero-order valence-electron chi connectivity index (χ0n) is 22.7. The second kappa shape index (κ2) is 9.82. The summed E-state index contributed by atoms with van der Waals surface area (Å²) in [6, 6.07) is 10.0. The number of benzene rings is 2. The number of nitrogens with zero attached hydrogens (tertiary/aromatic N) is 5. The van der Waals surface area contributed by atoms with Crippen molar-refractivity contribution >= 4 is 17.4 Å². The lowest BCUT2D eigenvalue weighted by Crippen LogP contribution is -2.54. The lowest BCUT2D eigenvalue weighted by Gasteiger charge is -2.44. The number of para-hydroxylation sites is 1. The molecule has 0 N–H and O–H groups in total. The number of carbonyl (C=O) groups is 1. The van der Waals surface area contributed by atoms with E-state index in [-0.39, 0.29) is 35.4 Å². The van der Waals surface area contributed by atoms with Crippen LogP contribution in [0.4, 0.5) is 33.7 Å². The second-order valence-electron chi connectivity index (χ2n) is 11.7. The van der Waals surface area contributed by atoms with E-state index in [9.17, 15) is 22.4 Å². The van der Waals surface area contributed by atoms with Crippen LogP contribution in [0.5, 0.6) is 0 Å². The predicted octanol–water partition coefficient (Wildman–Crippen LogP) is 6.76. The highest BCUT2D eigenvalue weighted by molar-refractivity contribution is 5.94. The number of carbonyl (C=O) groups excluding carboxylic acids is 1. The van der Waals surface area contributed by atoms with E-state index in [2.05, 4.69) is 12.0 Å². The van der Waals surface area contributed by atoms with E-state index in [1.54, 1.807) is 23.2 Å². The molecule has 0 unspecified atom stereocenters. The maximum Gasteiger partial charge on any atom is 0.416 e. The van der Waals surface area contributed by atoms with E-state index in [4.69, 9.17) is 0 Å². The Kier molecular flexibility index (Phi) is 6.54. The Labute approximate surface area is 231 Å². The third kappa shape index (κ3) is 4.92. The van der Waals surface area contributed by atoms with Gasteiger partial charge in [0.1, 0.15) is 5.82 Å². The molecular formula is C30H33F4N5O. The van der Waals surface area contributed by atoms with Crippen molar-refractivity contribution < 1.29 is 22.4 Å². The molecule has 1 saturated heterocycles. The maximum atomic E-state index is 14.6. The first-order valence-corrected chi connectivity index (χ1v) is 13.8. The summed E-state index contributed by atoms with van der Waals surface area (Å²) in [5, 5.41) is 4.60. The summed E-state index contributed by atoms with van der Waals surface area (Å²) >= 11 is 0. The first kappa shape index (κ1) is 26.7. The zero-order chi connectivity index (χ0) is 28.2. The summed E-state index contributed by atoms with van der Waals surface area (Å²) in [5.41, 5.74) is 2.34. The Morgan fingerprint density at radius 3 is 2.45 bits per heavy atom. The van der Waals surface area contributed by atoms with Crippen molar-refractivity contribution in [2.45, 2.75) is 71.4 Å². The van der Waals surface area contributed by atoms with Gasteiger partial charge >= 0.3 is 12.2 Å². The van der Waals surface area contributed by atoms with Gasteiger partial charge in [-0.1, -0.05) is 37.3 Å². The van der Waals surface area contributed by atoms with Crippen molar-refractivity contribution in [3.63, 3.8) is 0 Å². The van der Waals surface area contributed by atoms with Gasteiger partial charge in [0.25, 0.3) is 0 Å². The average molecular weight is 556 g/mol. The van der Waals surface area contributed by atoms with E-state index in [0.717, 1.165) is 30.2 Å². The molecule has 3 aromatic rings. The van der Waals surface area contributed by atoms with Crippen molar-refractivity contribution in [1.82, 2.24) is 14.7 Å². The number of alkyl halides is 3. The Balaban J connectivity index is 1.29. The Morgan fingerprint density at radius 2 is 1.77 bits per heavy atom. The molecular weight excluding hydrogens is 522 g/mol. The van der Waals surface area contributed by atoms with Crippen LogP contribution < -0.4 is 9.80 Å². The van der Waals surface area contributed by atoms with Crippen LogP contribution in [-0.2, 0) is 25.8 Å². The highest BCUT2D eigenvalue weighted by atomic mass is 19.4. The second-order valence-corrected chi connectivity index (χ2v) is 11.7. The summed E-state index contributed by atoms with van der Waals surface area (Å²) in [6.45, 7) is 6.11. The minimum absolute atomic E-state index is 0.0444. The summed E-state index contributed by atoms with van der Waals surface area (Å²) in [4.78, 5) is 19.2. The van der Waals surface area contributed by atoms with Crippen molar-refractivity contribution in [2.75, 3.05) is 22.9 Å². The topological polar surface area (TPSA) is 44.6 Å². The number of amides is 2. The van der Waals surface area contributed by atoms with Gasteiger partial charge < -0.3 is 9.80 Å². The van der Waals surface area contributed by atoms with Crippen LogP contribution in [0, 0.1) is 18.2 Å². The molecule has 6 rings (SSSR count). The van der Waals surface area contributed by atoms with E-state index < -0.39 is 11.7 Å². The molecule has 0 bridgehead atoms. The molecule has 3 aliphatic rings. The van der Waals surface area contributed by atoms with Crippen molar-refractivity contribution in [3.05, 3.63) is 76.9 Å². The van der Waals surface area contributed by atoms with Gasteiger partial charge in [-0.15, -0.1) is 0 Å². The zero-order valence-corrected chi connectivity index (χ0v) is 22.7. The van der Waals surface area contributed by atoms with Crippen LogP contribution in [-0.4, -0.2) is 39.8 Å². The van der Waals surface area contributed by atoms with E-state index in [0.29, 0.717) is 50.4 Å². The average Bonchev–Trinajstić information content (AvgIpc) is 3.51. The highest BCUT2D eigenvalue weighted by Gasteiger charge is 2.43. The summed E-state index contributed by atoms with van der Waals surface area (Å²) < 4.78 is 58.1. The summed E-state index contributed by atoms with van der Waals surface area (Å²) in [5.74, 6) is -0.260. The molecule has 0 spiro atoms. The monoisotopic (exact) mass is 555 g/mol. The first-order chi connectivity index (χ1) is 19.0. The molecule has 2 fully saturated rings. The number of aromatic nitrogens is 2. The minimum atomic E-state index is -4.53. The van der Waals surface area contributed by atoms with E-state index in [1.165, 1.54) is 23.1 Å². The van der Waals surface area contributed by atoms with Gasteiger partial charge in [-0.05, 0) is 61.3 Å². The van der Waals surface area contributed by atoms with Crippen LogP contribution >= 0.6 is 0 Å².